The van der Waals surface area contributed by atoms with Gasteiger partial charge in [-0.2, -0.15) is 0 Å². The highest BCUT2D eigenvalue weighted by molar-refractivity contribution is 4.92. The first-order valence-corrected chi connectivity index (χ1v) is 6.43. The summed E-state index contributed by atoms with van der Waals surface area (Å²) in [4.78, 5) is 2.47. The highest BCUT2D eigenvalue weighted by Gasteiger charge is 2.36. The van der Waals surface area contributed by atoms with Gasteiger partial charge in [0, 0.05) is 5.54 Å². The van der Waals surface area contributed by atoms with Gasteiger partial charge in [0.15, 0.2) is 0 Å². The molecular weight excluding hydrogens is 186 g/mol. The Labute approximate surface area is 94.7 Å². The number of hydrogen-bond donors (Lipinski definition) is 1. The number of likely N-dealkylation sites (tertiary alicyclic amines) is 1. The molecule has 0 saturated carbocycles. The number of aliphatic hydroxyl groups is 1. The van der Waals surface area contributed by atoms with Crippen LogP contribution in [-0.4, -0.2) is 34.7 Å². The van der Waals surface area contributed by atoms with Gasteiger partial charge in [0.05, 0.1) is 6.10 Å². The largest absolute Gasteiger partial charge is 0.391 e. The van der Waals surface area contributed by atoms with Crippen LogP contribution in [0.5, 0.6) is 0 Å². The van der Waals surface area contributed by atoms with Crippen LogP contribution in [0.2, 0.25) is 0 Å². The van der Waals surface area contributed by atoms with Crippen LogP contribution in [0.25, 0.3) is 0 Å². The molecule has 1 rings (SSSR count). The summed E-state index contributed by atoms with van der Waals surface area (Å²) < 4.78 is 0. The van der Waals surface area contributed by atoms with Crippen molar-refractivity contribution in [2.45, 2.75) is 65.0 Å². The fourth-order valence-electron chi connectivity index (χ4n) is 2.58. The summed E-state index contributed by atoms with van der Waals surface area (Å²) in [5.41, 5.74) is -0.0597. The number of nitrogens with zero attached hydrogens (tertiary/aromatic N) is 1. The molecule has 1 heterocycles. The fraction of sp³-hybridized carbons (Fsp3) is 1.00. The average Bonchev–Trinajstić information content (AvgIpc) is 2.28. The van der Waals surface area contributed by atoms with Crippen molar-refractivity contribution in [3.05, 3.63) is 0 Å². The molecule has 1 N–H and O–H groups in total. The topological polar surface area (TPSA) is 23.5 Å². The van der Waals surface area contributed by atoms with Gasteiger partial charge in [-0.3, -0.25) is 4.90 Å². The van der Waals surface area contributed by atoms with E-state index in [2.05, 4.69) is 32.6 Å². The molecule has 0 radical (unpaired) electrons. The predicted molar refractivity (Wildman–Crippen MR) is 65.0 cm³/mol. The zero-order valence-corrected chi connectivity index (χ0v) is 10.8. The minimum atomic E-state index is -0.208. The van der Waals surface area contributed by atoms with Crippen LogP contribution in [0.1, 0.15) is 53.4 Å². The second-order valence-electron chi connectivity index (χ2n) is 5.53. The van der Waals surface area contributed by atoms with Gasteiger partial charge in [0.1, 0.15) is 0 Å². The fourth-order valence-corrected chi connectivity index (χ4v) is 2.58. The molecule has 0 spiro atoms. The lowest BCUT2D eigenvalue weighted by molar-refractivity contribution is -0.0462. The first-order chi connectivity index (χ1) is 7.00. The smallest absolute Gasteiger partial charge is 0.0743 e. The maximum atomic E-state index is 10.4. The SMILES string of the molecule is CCC(C)C(O)C(C)(C)N1CCCCC1. The molecule has 0 amide bonds. The molecule has 90 valence electrons. The van der Waals surface area contributed by atoms with Crippen LogP contribution in [0.4, 0.5) is 0 Å². The Hall–Kier alpha value is -0.0800. The van der Waals surface area contributed by atoms with Gasteiger partial charge in [0.2, 0.25) is 0 Å². The van der Waals surface area contributed by atoms with Crippen LogP contribution in [-0.2, 0) is 0 Å². The molecule has 2 unspecified atom stereocenters. The molecule has 1 saturated heterocycles. The molecule has 0 aliphatic carbocycles. The average molecular weight is 213 g/mol. The Bertz CT molecular complexity index is 181. The zero-order chi connectivity index (χ0) is 11.5. The highest BCUT2D eigenvalue weighted by Crippen LogP contribution is 2.28. The highest BCUT2D eigenvalue weighted by atomic mass is 16.3. The van der Waals surface area contributed by atoms with Gasteiger partial charge in [0.25, 0.3) is 0 Å². The number of rotatable bonds is 4. The predicted octanol–water partition coefficient (Wildman–Crippen LogP) is 2.66. The first-order valence-electron chi connectivity index (χ1n) is 6.43. The first kappa shape index (κ1) is 13.0. The van der Waals surface area contributed by atoms with Crippen molar-refractivity contribution >= 4 is 0 Å². The standard InChI is InChI=1S/C13H27NO/c1-5-11(2)12(15)13(3,4)14-9-7-6-8-10-14/h11-12,15H,5-10H2,1-4H3. The lowest BCUT2D eigenvalue weighted by Crippen LogP contribution is -2.56. The van der Waals surface area contributed by atoms with Crippen molar-refractivity contribution in [3.63, 3.8) is 0 Å². The second kappa shape index (κ2) is 5.31. The van der Waals surface area contributed by atoms with Crippen LogP contribution in [0, 0.1) is 5.92 Å². The monoisotopic (exact) mass is 213 g/mol. The second-order valence-corrected chi connectivity index (χ2v) is 5.53. The third kappa shape index (κ3) is 2.94. The molecule has 0 aromatic rings. The van der Waals surface area contributed by atoms with E-state index in [0.29, 0.717) is 5.92 Å². The van der Waals surface area contributed by atoms with Crippen LogP contribution in [0.15, 0.2) is 0 Å². The molecular formula is C13H27NO. The van der Waals surface area contributed by atoms with Gasteiger partial charge in [-0.25, -0.2) is 0 Å². The van der Waals surface area contributed by atoms with E-state index in [1.165, 1.54) is 19.3 Å². The van der Waals surface area contributed by atoms with E-state index >= 15 is 0 Å². The van der Waals surface area contributed by atoms with Crippen molar-refractivity contribution in [2.75, 3.05) is 13.1 Å². The van der Waals surface area contributed by atoms with Gasteiger partial charge < -0.3 is 5.11 Å². The van der Waals surface area contributed by atoms with Crippen LogP contribution >= 0.6 is 0 Å². The van der Waals surface area contributed by atoms with E-state index < -0.39 is 0 Å². The third-order valence-corrected chi connectivity index (χ3v) is 4.08. The number of piperidine rings is 1. The summed E-state index contributed by atoms with van der Waals surface area (Å²) in [6.07, 6.45) is 4.78. The maximum absolute atomic E-state index is 10.4. The number of hydrogen-bond acceptors (Lipinski definition) is 2. The van der Waals surface area contributed by atoms with Crippen molar-refractivity contribution in [1.82, 2.24) is 4.90 Å². The molecule has 2 heteroatoms. The Morgan fingerprint density at radius 2 is 1.73 bits per heavy atom. The van der Waals surface area contributed by atoms with Crippen molar-refractivity contribution < 1.29 is 5.11 Å². The minimum absolute atomic E-state index is 0.0597. The molecule has 1 fully saturated rings. The van der Waals surface area contributed by atoms with Gasteiger partial charge >= 0.3 is 0 Å². The van der Waals surface area contributed by atoms with Gasteiger partial charge in [-0.15, -0.1) is 0 Å². The quantitative estimate of drug-likeness (QED) is 0.776. The van der Waals surface area contributed by atoms with Crippen molar-refractivity contribution in [2.24, 2.45) is 5.92 Å². The molecule has 0 bridgehead atoms. The van der Waals surface area contributed by atoms with E-state index in [1.807, 2.05) is 0 Å². The summed E-state index contributed by atoms with van der Waals surface area (Å²) in [5.74, 6) is 0.391. The Balaban J connectivity index is 2.62. The summed E-state index contributed by atoms with van der Waals surface area (Å²) in [6.45, 7) is 11.0. The summed E-state index contributed by atoms with van der Waals surface area (Å²) in [7, 11) is 0. The maximum Gasteiger partial charge on any atom is 0.0743 e. The van der Waals surface area contributed by atoms with Crippen LogP contribution < -0.4 is 0 Å². The van der Waals surface area contributed by atoms with E-state index in [9.17, 15) is 5.11 Å². The Morgan fingerprint density at radius 3 is 2.20 bits per heavy atom. The molecule has 15 heavy (non-hydrogen) atoms. The van der Waals surface area contributed by atoms with E-state index in [-0.39, 0.29) is 11.6 Å². The molecule has 0 aromatic heterocycles. The van der Waals surface area contributed by atoms with Crippen LogP contribution in [0.3, 0.4) is 0 Å². The van der Waals surface area contributed by atoms with Gasteiger partial charge in [-0.1, -0.05) is 26.7 Å². The van der Waals surface area contributed by atoms with E-state index in [1.54, 1.807) is 0 Å². The molecule has 1 aliphatic heterocycles. The van der Waals surface area contributed by atoms with Crippen molar-refractivity contribution in [3.8, 4) is 0 Å². The molecule has 2 atom stereocenters. The zero-order valence-electron chi connectivity index (χ0n) is 10.8. The Morgan fingerprint density at radius 1 is 1.20 bits per heavy atom. The lowest BCUT2D eigenvalue weighted by Gasteiger charge is -2.45. The summed E-state index contributed by atoms with van der Waals surface area (Å²) >= 11 is 0. The molecule has 1 aliphatic rings. The van der Waals surface area contributed by atoms with Gasteiger partial charge in [-0.05, 0) is 45.7 Å². The lowest BCUT2D eigenvalue weighted by atomic mass is 9.84. The van der Waals surface area contributed by atoms with E-state index in [4.69, 9.17) is 0 Å². The Kier molecular flexibility index (Phi) is 4.60. The van der Waals surface area contributed by atoms with E-state index in [0.717, 1.165) is 19.5 Å². The molecule has 2 nitrogen and oxygen atoms in total. The normalized spacial score (nSPS) is 23.8. The summed E-state index contributed by atoms with van der Waals surface area (Å²) in [5, 5.41) is 10.4. The molecule has 0 aromatic carbocycles. The third-order valence-electron chi connectivity index (χ3n) is 4.08. The van der Waals surface area contributed by atoms with Crippen molar-refractivity contribution in [1.29, 1.82) is 0 Å². The minimum Gasteiger partial charge on any atom is -0.391 e. The number of aliphatic hydroxyl groups excluding tert-OH is 1. The summed E-state index contributed by atoms with van der Waals surface area (Å²) in [6, 6.07) is 0.